The van der Waals surface area contributed by atoms with Crippen LogP contribution in [0.5, 0.6) is 0 Å². The van der Waals surface area contributed by atoms with Crippen molar-refractivity contribution in [1.82, 2.24) is 5.32 Å². The first kappa shape index (κ1) is 12.1. The van der Waals surface area contributed by atoms with Crippen molar-refractivity contribution in [3.63, 3.8) is 0 Å². The smallest absolute Gasteiger partial charge is 0.0346 e. The van der Waals surface area contributed by atoms with Crippen LogP contribution in [0.4, 0.5) is 0 Å². The van der Waals surface area contributed by atoms with Gasteiger partial charge >= 0.3 is 0 Å². The van der Waals surface area contributed by atoms with E-state index in [1.165, 1.54) is 15.3 Å². The second kappa shape index (κ2) is 6.38. The van der Waals surface area contributed by atoms with Crippen LogP contribution in [0.1, 0.15) is 11.3 Å². The average Bonchev–Trinajstić information content (AvgIpc) is 2.85. The lowest BCUT2D eigenvalue weighted by molar-refractivity contribution is 0.703. The molecule has 2 rings (SSSR count). The molecule has 0 bridgehead atoms. The molecular formula is C15H17NS. The molecule has 0 aliphatic rings. The van der Waals surface area contributed by atoms with E-state index in [9.17, 15) is 0 Å². The Hall–Kier alpha value is -1.38. The zero-order valence-electron chi connectivity index (χ0n) is 9.86. The fourth-order valence-corrected chi connectivity index (χ4v) is 2.63. The Morgan fingerprint density at radius 3 is 2.71 bits per heavy atom. The van der Waals surface area contributed by atoms with Gasteiger partial charge in [-0.1, -0.05) is 36.4 Å². The van der Waals surface area contributed by atoms with E-state index in [4.69, 9.17) is 0 Å². The van der Waals surface area contributed by atoms with Gasteiger partial charge in [0, 0.05) is 16.3 Å². The highest BCUT2D eigenvalue weighted by molar-refractivity contribution is 7.15. The van der Waals surface area contributed by atoms with E-state index in [0.717, 1.165) is 19.5 Å². The van der Waals surface area contributed by atoms with Crippen LogP contribution in [0.3, 0.4) is 0 Å². The lowest BCUT2D eigenvalue weighted by Crippen LogP contribution is -2.12. The molecule has 0 atom stereocenters. The minimum atomic E-state index is 0.950. The normalized spacial score (nSPS) is 10.4. The maximum absolute atomic E-state index is 3.71. The molecule has 0 unspecified atom stereocenters. The maximum Gasteiger partial charge on any atom is 0.0346 e. The monoisotopic (exact) mass is 243 g/mol. The highest BCUT2D eigenvalue weighted by Gasteiger charge is 2.01. The molecule has 1 aromatic carbocycles. The predicted octanol–water partition coefficient (Wildman–Crippen LogP) is 4.08. The van der Waals surface area contributed by atoms with E-state index in [-0.39, 0.29) is 0 Å². The molecular weight excluding hydrogens is 226 g/mol. The third-order valence-corrected chi connectivity index (χ3v) is 3.68. The number of rotatable bonds is 6. The van der Waals surface area contributed by atoms with E-state index < -0.39 is 0 Å². The molecule has 0 saturated heterocycles. The van der Waals surface area contributed by atoms with Crippen molar-refractivity contribution in [3.8, 4) is 10.4 Å². The first-order chi connectivity index (χ1) is 8.40. The van der Waals surface area contributed by atoms with Crippen LogP contribution >= 0.6 is 11.3 Å². The van der Waals surface area contributed by atoms with Gasteiger partial charge in [-0.05, 0) is 30.7 Å². The van der Waals surface area contributed by atoms with Crippen LogP contribution in [-0.2, 0) is 6.54 Å². The Kier molecular flexibility index (Phi) is 4.54. The van der Waals surface area contributed by atoms with E-state index in [1.54, 1.807) is 0 Å². The zero-order valence-corrected chi connectivity index (χ0v) is 10.7. The van der Waals surface area contributed by atoms with Gasteiger partial charge in [-0.25, -0.2) is 0 Å². The van der Waals surface area contributed by atoms with Gasteiger partial charge in [-0.3, -0.25) is 0 Å². The SMILES string of the molecule is C=CCCNCc1ccc(-c2ccccc2)s1. The summed E-state index contributed by atoms with van der Waals surface area (Å²) in [5, 5.41) is 3.41. The molecule has 0 fully saturated rings. The van der Waals surface area contributed by atoms with Crippen LogP contribution in [0, 0.1) is 0 Å². The summed E-state index contributed by atoms with van der Waals surface area (Å²) in [4.78, 5) is 2.72. The number of hydrogen-bond donors (Lipinski definition) is 1. The number of nitrogens with one attached hydrogen (secondary N) is 1. The molecule has 1 N–H and O–H groups in total. The van der Waals surface area contributed by atoms with Crippen molar-refractivity contribution in [3.05, 3.63) is 60.0 Å². The van der Waals surface area contributed by atoms with Gasteiger partial charge in [0.1, 0.15) is 0 Å². The quantitative estimate of drug-likeness (QED) is 0.595. The Labute approximate surface area is 107 Å². The molecule has 0 spiro atoms. The van der Waals surface area contributed by atoms with E-state index in [0.29, 0.717) is 0 Å². The van der Waals surface area contributed by atoms with Gasteiger partial charge in [0.15, 0.2) is 0 Å². The summed E-state index contributed by atoms with van der Waals surface area (Å²) in [6.07, 6.45) is 2.97. The van der Waals surface area contributed by atoms with Crippen LogP contribution in [0.15, 0.2) is 55.1 Å². The maximum atomic E-state index is 3.71. The Morgan fingerprint density at radius 2 is 1.94 bits per heavy atom. The van der Waals surface area contributed by atoms with Crippen molar-refractivity contribution < 1.29 is 0 Å². The third kappa shape index (κ3) is 3.55. The van der Waals surface area contributed by atoms with Gasteiger partial charge in [-0.2, -0.15) is 0 Å². The lowest BCUT2D eigenvalue weighted by atomic mass is 10.2. The van der Waals surface area contributed by atoms with Crippen molar-refractivity contribution in [2.45, 2.75) is 13.0 Å². The van der Waals surface area contributed by atoms with Gasteiger partial charge < -0.3 is 5.32 Å². The second-order valence-corrected chi connectivity index (χ2v) is 5.05. The van der Waals surface area contributed by atoms with Crippen molar-refractivity contribution in [2.24, 2.45) is 0 Å². The zero-order chi connectivity index (χ0) is 11.9. The van der Waals surface area contributed by atoms with Crippen LogP contribution in [0.25, 0.3) is 10.4 Å². The first-order valence-corrected chi connectivity index (χ1v) is 6.67. The third-order valence-electron chi connectivity index (χ3n) is 2.54. The fourth-order valence-electron chi connectivity index (χ4n) is 1.65. The van der Waals surface area contributed by atoms with Crippen LogP contribution in [0.2, 0.25) is 0 Å². The number of thiophene rings is 1. The Morgan fingerprint density at radius 1 is 1.12 bits per heavy atom. The molecule has 0 aliphatic heterocycles. The molecule has 1 nitrogen and oxygen atoms in total. The molecule has 1 heterocycles. The topological polar surface area (TPSA) is 12.0 Å². The molecule has 0 amide bonds. The summed E-state index contributed by atoms with van der Waals surface area (Å²) in [7, 11) is 0. The summed E-state index contributed by atoms with van der Waals surface area (Å²) in [5.74, 6) is 0. The standard InChI is InChI=1S/C15H17NS/c1-2-3-11-16-12-14-9-10-15(17-14)13-7-5-4-6-8-13/h2,4-10,16H,1,3,11-12H2. The lowest BCUT2D eigenvalue weighted by Gasteiger charge is -1.99. The highest BCUT2D eigenvalue weighted by atomic mass is 32.1. The van der Waals surface area contributed by atoms with E-state index in [1.807, 2.05) is 17.4 Å². The van der Waals surface area contributed by atoms with Crippen molar-refractivity contribution >= 4 is 11.3 Å². The first-order valence-electron chi connectivity index (χ1n) is 5.86. The summed E-state index contributed by atoms with van der Waals surface area (Å²) < 4.78 is 0. The molecule has 0 aliphatic carbocycles. The number of hydrogen-bond acceptors (Lipinski definition) is 2. The largest absolute Gasteiger partial charge is 0.312 e. The molecule has 2 aromatic rings. The summed E-state index contributed by atoms with van der Waals surface area (Å²) >= 11 is 1.86. The van der Waals surface area contributed by atoms with E-state index in [2.05, 4.69) is 54.4 Å². The van der Waals surface area contributed by atoms with Gasteiger partial charge in [0.05, 0.1) is 0 Å². The van der Waals surface area contributed by atoms with Gasteiger partial charge in [0.25, 0.3) is 0 Å². The molecule has 0 saturated carbocycles. The molecule has 0 radical (unpaired) electrons. The van der Waals surface area contributed by atoms with Crippen LogP contribution in [-0.4, -0.2) is 6.54 Å². The van der Waals surface area contributed by atoms with Gasteiger partial charge in [0.2, 0.25) is 0 Å². The molecule has 1 aromatic heterocycles. The minimum Gasteiger partial charge on any atom is -0.312 e. The minimum absolute atomic E-state index is 0.950. The Balaban J connectivity index is 1.94. The number of benzene rings is 1. The van der Waals surface area contributed by atoms with Crippen molar-refractivity contribution in [2.75, 3.05) is 6.54 Å². The summed E-state index contributed by atoms with van der Waals surface area (Å²) in [6, 6.07) is 14.9. The van der Waals surface area contributed by atoms with Crippen LogP contribution < -0.4 is 5.32 Å². The molecule has 88 valence electrons. The Bertz CT molecular complexity index is 459. The van der Waals surface area contributed by atoms with Crippen molar-refractivity contribution in [1.29, 1.82) is 0 Å². The summed E-state index contributed by atoms with van der Waals surface area (Å²) in [6.45, 7) is 5.66. The van der Waals surface area contributed by atoms with E-state index >= 15 is 0 Å². The molecule has 2 heteroatoms. The fraction of sp³-hybridized carbons (Fsp3) is 0.200. The summed E-state index contributed by atoms with van der Waals surface area (Å²) in [5.41, 5.74) is 1.30. The van der Waals surface area contributed by atoms with Gasteiger partial charge in [-0.15, -0.1) is 17.9 Å². The molecule has 17 heavy (non-hydrogen) atoms. The second-order valence-electron chi connectivity index (χ2n) is 3.89. The average molecular weight is 243 g/mol. The predicted molar refractivity (Wildman–Crippen MR) is 76.3 cm³/mol. The highest BCUT2D eigenvalue weighted by Crippen LogP contribution is 2.27.